The highest BCUT2D eigenvalue weighted by molar-refractivity contribution is 5.99. The van der Waals surface area contributed by atoms with Crippen LogP contribution in [0, 0.1) is 0 Å². The Labute approximate surface area is 88.6 Å². The fourth-order valence-electron chi connectivity index (χ4n) is 1.09. The third-order valence-corrected chi connectivity index (χ3v) is 1.86. The van der Waals surface area contributed by atoms with Crippen molar-refractivity contribution in [1.82, 2.24) is 0 Å². The molecule has 0 saturated heterocycles. The second-order valence-electron chi connectivity index (χ2n) is 3.55. The number of hydrogen-bond donors (Lipinski definition) is 2. The molecule has 5 heteroatoms. The summed E-state index contributed by atoms with van der Waals surface area (Å²) in [6, 6.07) is 0. The minimum absolute atomic E-state index is 0.0240. The molecule has 0 heterocycles. The summed E-state index contributed by atoms with van der Waals surface area (Å²) < 4.78 is 0. The highest BCUT2D eigenvalue weighted by Gasteiger charge is 2.12. The molecule has 0 saturated carbocycles. The molecule has 0 amide bonds. The van der Waals surface area contributed by atoms with E-state index in [0.29, 0.717) is 0 Å². The van der Waals surface area contributed by atoms with Crippen molar-refractivity contribution in [3.05, 3.63) is 0 Å². The Morgan fingerprint density at radius 1 is 1.20 bits per heavy atom. The van der Waals surface area contributed by atoms with Crippen molar-refractivity contribution < 1.29 is 19.5 Å². The van der Waals surface area contributed by atoms with Gasteiger partial charge in [0, 0.05) is 25.8 Å². The Kier molecular flexibility index (Phi) is 6.73. The largest absolute Gasteiger partial charge is 0.391 e. The van der Waals surface area contributed by atoms with Gasteiger partial charge in [0.25, 0.3) is 0 Å². The van der Waals surface area contributed by atoms with Crippen LogP contribution >= 0.6 is 0 Å². The van der Waals surface area contributed by atoms with E-state index in [1.807, 2.05) is 0 Å². The summed E-state index contributed by atoms with van der Waals surface area (Å²) in [7, 11) is 0. The van der Waals surface area contributed by atoms with Crippen LogP contribution in [0.5, 0.6) is 0 Å². The first kappa shape index (κ1) is 13.9. The lowest BCUT2D eigenvalue weighted by atomic mass is 10.0. The monoisotopic (exact) mass is 215 g/mol. The van der Waals surface area contributed by atoms with E-state index in [9.17, 15) is 14.4 Å². The number of aliphatic hydroxyl groups excluding tert-OH is 1. The first-order valence-electron chi connectivity index (χ1n) is 4.86. The quantitative estimate of drug-likeness (QED) is 0.536. The molecule has 0 fully saturated rings. The predicted molar refractivity (Wildman–Crippen MR) is 54.2 cm³/mol. The molecule has 86 valence electrons. The Hall–Kier alpha value is -1.07. The maximum absolute atomic E-state index is 11.1. The maximum Gasteiger partial charge on any atom is 0.140 e. The third kappa shape index (κ3) is 7.96. The zero-order valence-corrected chi connectivity index (χ0v) is 8.86. The molecule has 3 N–H and O–H groups in total. The van der Waals surface area contributed by atoms with Gasteiger partial charge in [0.1, 0.15) is 17.3 Å². The zero-order chi connectivity index (χ0) is 11.8. The van der Waals surface area contributed by atoms with Crippen LogP contribution in [0.4, 0.5) is 0 Å². The minimum atomic E-state index is -0.833. The Morgan fingerprint density at radius 3 is 2.20 bits per heavy atom. The topological polar surface area (TPSA) is 97.5 Å². The summed E-state index contributed by atoms with van der Waals surface area (Å²) in [6.07, 6.45) is -0.837. The van der Waals surface area contributed by atoms with Crippen molar-refractivity contribution in [1.29, 1.82) is 0 Å². The minimum Gasteiger partial charge on any atom is -0.391 e. The number of Topliss-reactive ketones (excluding diaryl/α,β-unsaturated/α-hetero) is 3. The Morgan fingerprint density at radius 2 is 1.73 bits per heavy atom. The van der Waals surface area contributed by atoms with E-state index >= 15 is 0 Å². The molecule has 0 rings (SSSR count). The maximum atomic E-state index is 11.1. The third-order valence-electron chi connectivity index (χ3n) is 1.86. The van der Waals surface area contributed by atoms with Crippen LogP contribution in [0.15, 0.2) is 0 Å². The number of aliphatic hydroxyl groups is 1. The summed E-state index contributed by atoms with van der Waals surface area (Å²) in [5.74, 6) is -0.641. The first-order valence-corrected chi connectivity index (χ1v) is 4.86. The van der Waals surface area contributed by atoms with Gasteiger partial charge >= 0.3 is 0 Å². The van der Waals surface area contributed by atoms with Gasteiger partial charge in [0.05, 0.1) is 12.5 Å². The molecular formula is C10H17NO4. The van der Waals surface area contributed by atoms with Crippen LogP contribution in [0.25, 0.3) is 0 Å². The van der Waals surface area contributed by atoms with Gasteiger partial charge < -0.3 is 10.8 Å². The number of nitrogens with two attached hydrogens (primary N) is 1. The van der Waals surface area contributed by atoms with Crippen molar-refractivity contribution in [2.45, 2.75) is 38.7 Å². The highest BCUT2D eigenvalue weighted by Crippen LogP contribution is 2.01. The lowest BCUT2D eigenvalue weighted by molar-refractivity contribution is -0.128. The molecule has 0 aromatic heterocycles. The van der Waals surface area contributed by atoms with Gasteiger partial charge in [0.2, 0.25) is 0 Å². The van der Waals surface area contributed by atoms with Crippen molar-refractivity contribution in [2.75, 3.05) is 6.54 Å². The number of rotatable bonds is 8. The van der Waals surface area contributed by atoms with E-state index in [1.54, 1.807) is 0 Å². The van der Waals surface area contributed by atoms with Crippen LogP contribution in [0.3, 0.4) is 0 Å². The van der Waals surface area contributed by atoms with E-state index in [4.69, 9.17) is 10.8 Å². The molecule has 15 heavy (non-hydrogen) atoms. The van der Waals surface area contributed by atoms with Crippen LogP contribution in [0.2, 0.25) is 0 Å². The van der Waals surface area contributed by atoms with Gasteiger partial charge in [-0.05, 0) is 6.92 Å². The van der Waals surface area contributed by atoms with E-state index in [1.165, 1.54) is 6.92 Å². The van der Waals surface area contributed by atoms with Crippen molar-refractivity contribution in [3.8, 4) is 0 Å². The Balaban J connectivity index is 3.71. The van der Waals surface area contributed by atoms with Crippen LogP contribution in [-0.4, -0.2) is 35.1 Å². The van der Waals surface area contributed by atoms with E-state index in [0.717, 1.165) is 0 Å². The van der Waals surface area contributed by atoms with E-state index in [2.05, 4.69) is 0 Å². The molecule has 0 aliphatic carbocycles. The summed E-state index contributed by atoms with van der Waals surface area (Å²) in [5.41, 5.74) is 5.13. The van der Waals surface area contributed by atoms with Crippen molar-refractivity contribution >= 4 is 17.3 Å². The SMILES string of the molecule is CC(=O)CC(=O)CCC(=O)CC(O)CN. The number of carbonyl (C=O) groups is 3. The molecule has 0 spiro atoms. The van der Waals surface area contributed by atoms with Gasteiger partial charge in [-0.3, -0.25) is 14.4 Å². The van der Waals surface area contributed by atoms with E-state index in [-0.39, 0.29) is 49.6 Å². The molecule has 0 aromatic rings. The van der Waals surface area contributed by atoms with Gasteiger partial charge in [-0.1, -0.05) is 0 Å². The highest BCUT2D eigenvalue weighted by atomic mass is 16.3. The van der Waals surface area contributed by atoms with Gasteiger partial charge in [0.15, 0.2) is 0 Å². The number of ketones is 3. The van der Waals surface area contributed by atoms with Gasteiger partial charge in [-0.25, -0.2) is 0 Å². The fraction of sp³-hybridized carbons (Fsp3) is 0.700. The predicted octanol–water partition coefficient (Wildman–Crippen LogP) is -0.406. The normalized spacial score (nSPS) is 12.2. The molecule has 1 unspecified atom stereocenters. The second-order valence-corrected chi connectivity index (χ2v) is 3.55. The molecule has 5 nitrogen and oxygen atoms in total. The second kappa shape index (κ2) is 7.25. The Bertz CT molecular complexity index is 250. The van der Waals surface area contributed by atoms with Gasteiger partial charge in [-0.2, -0.15) is 0 Å². The molecule has 0 radical (unpaired) electrons. The summed E-state index contributed by atoms with van der Waals surface area (Å²) in [5, 5.41) is 9.05. The molecular weight excluding hydrogens is 198 g/mol. The molecule has 0 aromatic carbocycles. The number of carbonyl (C=O) groups excluding carboxylic acids is 3. The smallest absolute Gasteiger partial charge is 0.140 e. The van der Waals surface area contributed by atoms with E-state index < -0.39 is 6.10 Å². The van der Waals surface area contributed by atoms with Crippen molar-refractivity contribution in [2.24, 2.45) is 5.73 Å². The average Bonchev–Trinajstić information content (AvgIpc) is 2.13. The molecule has 0 aliphatic heterocycles. The molecule has 0 aliphatic rings. The summed E-state index contributed by atoms with van der Waals surface area (Å²) in [6.45, 7) is 1.37. The fourth-order valence-corrected chi connectivity index (χ4v) is 1.09. The standard InChI is InChI=1S/C10H17NO4/c1-7(12)4-8(13)2-3-9(14)5-10(15)6-11/h10,15H,2-6,11H2,1H3. The number of hydrogen-bond acceptors (Lipinski definition) is 5. The average molecular weight is 215 g/mol. The lowest BCUT2D eigenvalue weighted by Crippen LogP contribution is -2.23. The lowest BCUT2D eigenvalue weighted by Gasteiger charge is -2.05. The van der Waals surface area contributed by atoms with Crippen LogP contribution in [-0.2, 0) is 14.4 Å². The molecule has 0 bridgehead atoms. The van der Waals surface area contributed by atoms with Crippen LogP contribution in [0.1, 0.15) is 32.6 Å². The van der Waals surface area contributed by atoms with Crippen LogP contribution < -0.4 is 5.73 Å². The summed E-state index contributed by atoms with van der Waals surface area (Å²) >= 11 is 0. The first-order chi connectivity index (χ1) is 6.95. The van der Waals surface area contributed by atoms with Gasteiger partial charge in [-0.15, -0.1) is 0 Å². The van der Waals surface area contributed by atoms with Crippen molar-refractivity contribution in [3.63, 3.8) is 0 Å². The zero-order valence-electron chi connectivity index (χ0n) is 8.86. The molecule has 1 atom stereocenters. The summed E-state index contributed by atoms with van der Waals surface area (Å²) in [4.78, 5) is 32.8.